The van der Waals surface area contributed by atoms with Gasteiger partial charge in [-0.3, -0.25) is 4.90 Å². The molecule has 2 rings (SSSR count). The molecule has 0 bridgehead atoms. The topological polar surface area (TPSA) is 15.3 Å². The number of nitrogens with one attached hydrogen (secondary N) is 1. The standard InChI is InChI=1S/C16H22F4N2.ClH/c1-11(2)10-14(22-8-6-21-7-9-22)15-12(16(18,19)20)4-3-5-13(15)17;/h3-5,11,14,21H,6-10H2,1-2H3;1H/t14-;/m1./s1. The first-order chi connectivity index (χ1) is 10.3. The van der Waals surface area contributed by atoms with Crippen LogP contribution in [0.4, 0.5) is 17.6 Å². The molecule has 0 aromatic heterocycles. The Morgan fingerprint density at radius 2 is 1.78 bits per heavy atom. The summed E-state index contributed by atoms with van der Waals surface area (Å²) in [6.07, 6.45) is -4.04. The summed E-state index contributed by atoms with van der Waals surface area (Å²) in [6.45, 7) is 6.58. The summed E-state index contributed by atoms with van der Waals surface area (Å²) in [7, 11) is 0. The fourth-order valence-corrected chi connectivity index (χ4v) is 3.01. The highest BCUT2D eigenvalue weighted by atomic mass is 35.5. The van der Waals surface area contributed by atoms with Crippen LogP contribution in [0.2, 0.25) is 0 Å². The van der Waals surface area contributed by atoms with Crippen molar-refractivity contribution in [3.63, 3.8) is 0 Å². The number of hydrogen-bond donors (Lipinski definition) is 1. The van der Waals surface area contributed by atoms with Crippen LogP contribution < -0.4 is 5.32 Å². The van der Waals surface area contributed by atoms with Crippen LogP contribution in [0.5, 0.6) is 0 Å². The Morgan fingerprint density at radius 1 is 1.17 bits per heavy atom. The van der Waals surface area contributed by atoms with Gasteiger partial charge in [0, 0.05) is 37.8 Å². The van der Waals surface area contributed by atoms with Crippen LogP contribution >= 0.6 is 12.4 Å². The molecular weight excluding hydrogens is 332 g/mol. The minimum Gasteiger partial charge on any atom is -0.314 e. The molecule has 132 valence electrons. The molecule has 0 aliphatic carbocycles. The van der Waals surface area contributed by atoms with Crippen molar-refractivity contribution in [1.82, 2.24) is 10.2 Å². The molecule has 1 fully saturated rings. The van der Waals surface area contributed by atoms with E-state index in [0.717, 1.165) is 18.2 Å². The number of piperazine rings is 1. The summed E-state index contributed by atoms with van der Waals surface area (Å²) in [5.74, 6) is -0.584. The third-order valence-corrected chi connectivity index (χ3v) is 3.98. The summed E-state index contributed by atoms with van der Waals surface area (Å²) >= 11 is 0. The maximum Gasteiger partial charge on any atom is 0.416 e. The van der Waals surface area contributed by atoms with Gasteiger partial charge in [-0.05, 0) is 24.5 Å². The first kappa shape index (κ1) is 20.2. The zero-order chi connectivity index (χ0) is 16.3. The van der Waals surface area contributed by atoms with Gasteiger partial charge in [-0.25, -0.2) is 4.39 Å². The van der Waals surface area contributed by atoms with Gasteiger partial charge in [0.25, 0.3) is 0 Å². The number of alkyl halides is 3. The highest BCUT2D eigenvalue weighted by Gasteiger charge is 2.38. The number of benzene rings is 1. The molecule has 0 amide bonds. The number of halogens is 5. The third-order valence-electron chi connectivity index (χ3n) is 3.98. The molecular formula is C16H23ClF4N2. The number of nitrogens with zero attached hydrogens (tertiary/aromatic N) is 1. The van der Waals surface area contributed by atoms with E-state index in [1.54, 1.807) is 0 Å². The second-order valence-electron chi connectivity index (χ2n) is 6.13. The third kappa shape index (κ3) is 5.06. The first-order valence-corrected chi connectivity index (χ1v) is 7.61. The lowest BCUT2D eigenvalue weighted by molar-refractivity contribution is -0.139. The van der Waals surface area contributed by atoms with Crippen LogP contribution in [0, 0.1) is 11.7 Å². The van der Waals surface area contributed by atoms with E-state index in [2.05, 4.69) is 5.32 Å². The maximum atomic E-state index is 14.3. The van der Waals surface area contributed by atoms with E-state index >= 15 is 0 Å². The zero-order valence-electron chi connectivity index (χ0n) is 13.3. The average molecular weight is 355 g/mol. The summed E-state index contributed by atoms with van der Waals surface area (Å²) in [4.78, 5) is 1.96. The van der Waals surface area contributed by atoms with Crippen molar-refractivity contribution in [2.75, 3.05) is 26.2 Å². The molecule has 1 aliphatic heterocycles. The number of hydrogen-bond acceptors (Lipinski definition) is 2. The summed E-state index contributed by atoms with van der Waals surface area (Å²) in [6, 6.07) is 2.69. The van der Waals surface area contributed by atoms with Crippen LogP contribution in [0.1, 0.15) is 37.4 Å². The molecule has 0 saturated carbocycles. The van der Waals surface area contributed by atoms with Gasteiger partial charge < -0.3 is 5.32 Å². The zero-order valence-corrected chi connectivity index (χ0v) is 14.1. The van der Waals surface area contributed by atoms with Crippen molar-refractivity contribution < 1.29 is 17.6 Å². The molecule has 1 saturated heterocycles. The van der Waals surface area contributed by atoms with Crippen LogP contribution in [0.15, 0.2) is 18.2 Å². The largest absolute Gasteiger partial charge is 0.416 e. The van der Waals surface area contributed by atoms with E-state index in [4.69, 9.17) is 0 Å². The summed E-state index contributed by atoms with van der Waals surface area (Å²) in [5.41, 5.74) is -1.05. The summed E-state index contributed by atoms with van der Waals surface area (Å²) in [5, 5.41) is 3.18. The lowest BCUT2D eigenvalue weighted by Gasteiger charge is -2.37. The molecule has 23 heavy (non-hydrogen) atoms. The van der Waals surface area contributed by atoms with Crippen LogP contribution in [-0.4, -0.2) is 31.1 Å². The van der Waals surface area contributed by atoms with Crippen molar-refractivity contribution in [3.05, 3.63) is 35.1 Å². The molecule has 0 spiro atoms. The molecule has 2 nitrogen and oxygen atoms in total. The molecule has 7 heteroatoms. The van der Waals surface area contributed by atoms with Crippen molar-refractivity contribution >= 4 is 12.4 Å². The fourth-order valence-electron chi connectivity index (χ4n) is 3.01. The lowest BCUT2D eigenvalue weighted by atomic mass is 9.91. The van der Waals surface area contributed by atoms with E-state index < -0.39 is 23.6 Å². The molecule has 1 atom stereocenters. The monoisotopic (exact) mass is 354 g/mol. The van der Waals surface area contributed by atoms with E-state index in [1.807, 2.05) is 18.7 Å². The van der Waals surface area contributed by atoms with E-state index in [1.165, 1.54) is 0 Å². The predicted molar refractivity (Wildman–Crippen MR) is 85.3 cm³/mol. The van der Waals surface area contributed by atoms with Crippen molar-refractivity contribution in [1.29, 1.82) is 0 Å². The highest BCUT2D eigenvalue weighted by Crippen LogP contribution is 2.40. The molecule has 0 radical (unpaired) electrons. The Hall–Kier alpha value is -0.850. The quantitative estimate of drug-likeness (QED) is 0.813. The Kier molecular flexibility index (Phi) is 7.29. The maximum absolute atomic E-state index is 14.3. The average Bonchev–Trinajstić information content (AvgIpc) is 2.44. The second kappa shape index (κ2) is 8.31. The fraction of sp³-hybridized carbons (Fsp3) is 0.625. The Morgan fingerprint density at radius 3 is 2.30 bits per heavy atom. The summed E-state index contributed by atoms with van der Waals surface area (Å²) < 4.78 is 54.2. The molecule has 1 aromatic rings. The highest BCUT2D eigenvalue weighted by molar-refractivity contribution is 5.85. The molecule has 1 aromatic carbocycles. The van der Waals surface area contributed by atoms with Crippen molar-refractivity contribution in [3.8, 4) is 0 Å². The Bertz CT molecular complexity index is 499. The normalized spacial score (nSPS) is 17.9. The van der Waals surface area contributed by atoms with Crippen molar-refractivity contribution in [2.24, 2.45) is 5.92 Å². The van der Waals surface area contributed by atoms with Crippen LogP contribution in [0.3, 0.4) is 0 Å². The Balaban J connectivity index is 0.00000264. The van der Waals surface area contributed by atoms with Gasteiger partial charge in [0.2, 0.25) is 0 Å². The number of rotatable bonds is 4. The van der Waals surface area contributed by atoms with E-state index in [0.29, 0.717) is 32.6 Å². The van der Waals surface area contributed by atoms with Gasteiger partial charge in [0.1, 0.15) is 5.82 Å². The first-order valence-electron chi connectivity index (χ1n) is 7.61. The van der Waals surface area contributed by atoms with Crippen LogP contribution in [0.25, 0.3) is 0 Å². The molecule has 1 aliphatic rings. The lowest BCUT2D eigenvalue weighted by Crippen LogP contribution is -2.46. The SMILES string of the molecule is CC(C)C[C@H](c1c(F)cccc1C(F)(F)F)N1CCNCC1.Cl. The van der Waals surface area contributed by atoms with Gasteiger partial charge >= 0.3 is 6.18 Å². The minimum atomic E-state index is -4.54. The van der Waals surface area contributed by atoms with Gasteiger partial charge in [-0.2, -0.15) is 13.2 Å². The molecule has 0 unspecified atom stereocenters. The second-order valence-corrected chi connectivity index (χ2v) is 6.13. The van der Waals surface area contributed by atoms with Crippen LogP contribution in [-0.2, 0) is 6.18 Å². The van der Waals surface area contributed by atoms with Gasteiger partial charge in [0.05, 0.1) is 5.56 Å². The predicted octanol–water partition coefficient (Wildman–Crippen LogP) is 4.26. The molecule has 1 N–H and O–H groups in total. The van der Waals surface area contributed by atoms with Gasteiger partial charge in [-0.15, -0.1) is 12.4 Å². The van der Waals surface area contributed by atoms with Crippen molar-refractivity contribution in [2.45, 2.75) is 32.5 Å². The smallest absolute Gasteiger partial charge is 0.314 e. The minimum absolute atomic E-state index is 0. The molecule has 1 heterocycles. The Labute approximate surface area is 140 Å². The van der Waals surface area contributed by atoms with Gasteiger partial charge in [0.15, 0.2) is 0 Å². The van der Waals surface area contributed by atoms with E-state index in [-0.39, 0.29) is 23.9 Å². The van der Waals surface area contributed by atoms with Gasteiger partial charge in [-0.1, -0.05) is 19.9 Å². The van der Waals surface area contributed by atoms with E-state index in [9.17, 15) is 17.6 Å².